The van der Waals surface area contributed by atoms with Crippen LogP contribution in [0.5, 0.6) is 11.5 Å². The van der Waals surface area contributed by atoms with Crippen molar-refractivity contribution in [3.63, 3.8) is 0 Å². The first-order valence-electron chi connectivity index (χ1n) is 7.91. The lowest BCUT2D eigenvalue weighted by molar-refractivity contribution is -0.136. The minimum absolute atomic E-state index is 0.0701. The van der Waals surface area contributed by atoms with E-state index in [4.69, 9.17) is 21.1 Å². The molecule has 3 aromatic carbocycles. The Morgan fingerprint density at radius 2 is 1.31 bits per heavy atom. The molecule has 3 rings (SSSR count). The molecule has 0 atom stereocenters. The molecule has 3 aromatic rings. The summed E-state index contributed by atoms with van der Waals surface area (Å²) in [5, 5.41) is 0.561. The van der Waals surface area contributed by atoms with Crippen molar-refractivity contribution in [2.75, 3.05) is 6.61 Å². The fraction of sp³-hybridized carbons (Fsp3) is 0.0476. The second-order valence-corrected chi connectivity index (χ2v) is 5.87. The van der Waals surface area contributed by atoms with Crippen LogP contribution in [0, 0.1) is 0 Å². The van der Waals surface area contributed by atoms with Crippen LogP contribution >= 0.6 is 11.6 Å². The van der Waals surface area contributed by atoms with E-state index in [0.29, 0.717) is 27.6 Å². The molecule has 0 heterocycles. The SMILES string of the molecule is O=C(COc1ccc(C(=O)c2ccccc2)cc1)Oc1ccc(Cl)cc1. The molecular formula is C21H15ClO4. The van der Waals surface area contributed by atoms with Crippen LogP contribution in [0.1, 0.15) is 15.9 Å². The van der Waals surface area contributed by atoms with Gasteiger partial charge in [-0.1, -0.05) is 41.9 Å². The van der Waals surface area contributed by atoms with E-state index < -0.39 is 5.97 Å². The highest BCUT2D eigenvalue weighted by atomic mass is 35.5. The Morgan fingerprint density at radius 1 is 0.731 bits per heavy atom. The largest absolute Gasteiger partial charge is 0.482 e. The van der Waals surface area contributed by atoms with Crippen LogP contribution < -0.4 is 9.47 Å². The zero-order valence-electron chi connectivity index (χ0n) is 13.7. The molecule has 0 spiro atoms. The summed E-state index contributed by atoms with van der Waals surface area (Å²) in [7, 11) is 0. The highest BCUT2D eigenvalue weighted by molar-refractivity contribution is 6.30. The number of ketones is 1. The van der Waals surface area contributed by atoms with Crippen molar-refractivity contribution in [3.8, 4) is 11.5 Å². The fourth-order valence-corrected chi connectivity index (χ4v) is 2.39. The van der Waals surface area contributed by atoms with E-state index in [2.05, 4.69) is 0 Å². The van der Waals surface area contributed by atoms with E-state index in [9.17, 15) is 9.59 Å². The number of benzene rings is 3. The Balaban J connectivity index is 1.55. The second-order valence-electron chi connectivity index (χ2n) is 5.44. The van der Waals surface area contributed by atoms with Gasteiger partial charge in [-0.2, -0.15) is 0 Å². The number of esters is 1. The van der Waals surface area contributed by atoms with Gasteiger partial charge in [0.25, 0.3) is 0 Å². The van der Waals surface area contributed by atoms with Crippen LogP contribution in [-0.2, 0) is 4.79 Å². The molecule has 5 heteroatoms. The Morgan fingerprint density at radius 3 is 1.96 bits per heavy atom. The zero-order valence-corrected chi connectivity index (χ0v) is 14.5. The zero-order chi connectivity index (χ0) is 18.4. The fourth-order valence-electron chi connectivity index (χ4n) is 2.26. The predicted octanol–water partition coefficient (Wildman–Crippen LogP) is 4.56. The summed E-state index contributed by atoms with van der Waals surface area (Å²) >= 11 is 5.77. The maximum atomic E-state index is 12.3. The second kappa shape index (κ2) is 8.32. The molecule has 0 aromatic heterocycles. The maximum absolute atomic E-state index is 12.3. The van der Waals surface area contributed by atoms with Crippen LogP contribution in [0.4, 0.5) is 0 Å². The number of ether oxygens (including phenoxy) is 2. The van der Waals surface area contributed by atoms with Gasteiger partial charge in [-0.05, 0) is 48.5 Å². The van der Waals surface area contributed by atoms with Crippen molar-refractivity contribution in [1.29, 1.82) is 0 Å². The van der Waals surface area contributed by atoms with Crippen molar-refractivity contribution in [1.82, 2.24) is 0 Å². The molecule has 26 heavy (non-hydrogen) atoms. The van der Waals surface area contributed by atoms with Gasteiger partial charge in [-0.15, -0.1) is 0 Å². The summed E-state index contributed by atoms with van der Waals surface area (Å²) in [4.78, 5) is 24.1. The highest BCUT2D eigenvalue weighted by Crippen LogP contribution is 2.17. The summed E-state index contributed by atoms with van der Waals surface area (Å²) in [5.74, 6) is 0.269. The lowest BCUT2D eigenvalue weighted by atomic mass is 10.0. The lowest BCUT2D eigenvalue weighted by Crippen LogP contribution is -2.17. The first-order valence-corrected chi connectivity index (χ1v) is 8.28. The summed E-state index contributed by atoms with van der Waals surface area (Å²) in [6.07, 6.45) is 0. The van der Waals surface area contributed by atoms with E-state index in [1.807, 2.05) is 18.2 Å². The predicted molar refractivity (Wildman–Crippen MR) is 98.9 cm³/mol. The first-order chi connectivity index (χ1) is 12.6. The van der Waals surface area contributed by atoms with Crippen LogP contribution in [0.15, 0.2) is 78.9 Å². The van der Waals surface area contributed by atoms with Gasteiger partial charge < -0.3 is 9.47 Å². The highest BCUT2D eigenvalue weighted by Gasteiger charge is 2.10. The van der Waals surface area contributed by atoms with Crippen LogP contribution in [-0.4, -0.2) is 18.4 Å². The number of carbonyl (C=O) groups excluding carboxylic acids is 2. The van der Waals surface area contributed by atoms with Gasteiger partial charge in [0.15, 0.2) is 12.4 Å². The monoisotopic (exact) mass is 366 g/mol. The third-order valence-corrected chi connectivity index (χ3v) is 3.81. The molecule has 0 amide bonds. The quantitative estimate of drug-likeness (QED) is 0.364. The molecule has 130 valence electrons. The van der Waals surface area contributed by atoms with E-state index in [0.717, 1.165) is 0 Å². The average molecular weight is 367 g/mol. The van der Waals surface area contributed by atoms with Crippen molar-refractivity contribution < 1.29 is 19.1 Å². The molecule has 0 fully saturated rings. The molecule has 4 nitrogen and oxygen atoms in total. The lowest BCUT2D eigenvalue weighted by Gasteiger charge is -2.07. The molecule has 0 aliphatic heterocycles. The molecule has 0 N–H and O–H groups in total. The van der Waals surface area contributed by atoms with E-state index >= 15 is 0 Å². The number of hydrogen-bond donors (Lipinski definition) is 0. The van der Waals surface area contributed by atoms with Gasteiger partial charge in [0.1, 0.15) is 11.5 Å². The van der Waals surface area contributed by atoms with Gasteiger partial charge in [0.05, 0.1) is 0 Å². The van der Waals surface area contributed by atoms with Crippen LogP contribution in [0.25, 0.3) is 0 Å². The van der Waals surface area contributed by atoms with Crippen molar-refractivity contribution in [2.45, 2.75) is 0 Å². The maximum Gasteiger partial charge on any atom is 0.349 e. The Bertz CT molecular complexity index is 888. The molecule has 0 saturated heterocycles. The van der Waals surface area contributed by atoms with Gasteiger partial charge in [-0.25, -0.2) is 4.79 Å². The number of rotatable bonds is 6. The molecule has 0 bridgehead atoms. The van der Waals surface area contributed by atoms with Gasteiger partial charge in [0, 0.05) is 16.1 Å². The van der Waals surface area contributed by atoms with Crippen molar-refractivity contribution in [3.05, 3.63) is 95.0 Å². The number of halogens is 1. The van der Waals surface area contributed by atoms with Gasteiger partial charge >= 0.3 is 5.97 Å². The van der Waals surface area contributed by atoms with Crippen molar-refractivity contribution in [2.24, 2.45) is 0 Å². The summed E-state index contributed by atoms with van der Waals surface area (Å²) in [6, 6.07) is 22.1. The smallest absolute Gasteiger partial charge is 0.349 e. The van der Waals surface area contributed by atoms with Crippen molar-refractivity contribution >= 4 is 23.4 Å². The standard InChI is InChI=1S/C21H15ClO4/c22-17-8-12-19(13-9-17)26-20(23)14-25-18-10-6-16(7-11-18)21(24)15-4-2-1-3-5-15/h1-13H,14H2. The third kappa shape index (κ3) is 4.71. The topological polar surface area (TPSA) is 52.6 Å². The van der Waals surface area contributed by atoms with E-state index in [-0.39, 0.29) is 12.4 Å². The average Bonchev–Trinajstić information content (AvgIpc) is 2.69. The molecule has 0 unspecified atom stereocenters. The van der Waals surface area contributed by atoms with Gasteiger partial charge in [-0.3, -0.25) is 4.79 Å². The molecule has 0 aliphatic carbocycles. The Labute approximate surface area is 155 Å². The molecular weight excluding hydrogens is 352 g/mol. The van der Waals surface area contributed by atoms with Gasteiger partial charge in [0.2, 0.25) is 0 Å². The molecule has 0 saturated carbocycles. The number of hydrogen-bond acceptors (Lipinski definition) is 4. The van der Waals surface area contributed by atoms with E-state index in [1.165, 1.54) is 0 Å². The van der Waals surface area contributed by atoms with E-state index in [1.54, 1.807) is 60.7 Å². The molecule has 0 aliphatic rings. The molecule has 0 radical (unpaired) electrons. The first kappa shape index (κ1) is 17.7. The Kier molecular flexibility index (Phi) is 5.66. The summed E-state index contributed by atoms with van der Waals surface area (Å²) in [5.41, 5.74) is 1.17. The minimum atomic E-state index is -0.531. The normalized spacial score (nSPS) is 10.2. The Hall–Kier alpha value is -3.11. The van der Waals surface area contributed by atoms with Crippen LogP contribution in [0.2, 0.25) is 5.02 Å². The minimum Gasteiger partial charge on any atom is -0.482 e. The third-order valence-electron chi connectivity index (χ3n) is 3.55. The number of carbonyl (C=O) groups is 2. The van der Waals surface area contributed by atoms with Crippen LogP contribution in [0.3, 0.4) is 0 Å². The summed E-state index contributed by atoms with van der Waals surface area (Å²) in [6.45, 7) is -0.241. The summed E-state index contributed by atoms with van der Waals surface area (Å²) < 4.78 is 10.5.